The quantitative estimate of drug-likeness (QED) is 0.713. The molecule has 0 spiro atoms. The van der Waals surface area contributed by atoms with Crippen molar-refractivity contribution < 1.29 is 0 Å². The molecule has 0 radical (unpaired) electrons. The molecule has 1 saturated heterocycles. The Morgan fingerprint density at radius 1 is 1.27 bits per heavy atom. The van der Waals surface area contributed by atoms with E-state index in [1.807, 2.05) is 12.1 Å². The molecule has 1 aromatic rings. The Morgan fingerprint density at radius 2 is 1.93 bits per heavy atom. The molecule has 0 unspecified atom stereocenters. The van der Waals surface area contributed by atoms with Crippen molar-refractivity contribution in [2.45, 2.75) is 20.8 Å². The largest absolute Gasteiger partial charge is 0.399 e. The summed E-state index contributed by atoms with van der Waals surface area (Å²) in [7, 11) is 0. The Labute approximate surface area is 92.1 Å². The lowest BCUT2D eigenvalue weighted by Crippen LogP contribution is -2.52. The molecule has 2 nitrogen and oxygen atoms in total. The first kappa shape index (κ1) is 10.3. The number of hydrogen-bond donors (Lipinski definition) is 1. The normalized spacial score (nSPS) is 17.7. The van der Waals surface area contributed by atoms with Gasteiger partial charge in [0.15, 0.2) is 0 Å². The number of nitrogen functional groups attached to an aromatic ring is 1. The van der Waals surface area contributed by atoms with Gasteiger partial charge in [-0.05, 0) is 29.5 Å². The summed E-state index contributed by atoms with van der Waals surface area (Å²) in [6.07, 6.45) is 0. The van der Waals surface area contributed by atoms with Crippen molar-refractivity contribution in [3.05, 3.63) is 24.3 Å². The molecule has 0 atom stereocenters. The molecule has 1 heterocycles. The highest BCUT2D eigenvalue weighted by molar-refractivity contribution is 5.57. The number of rotatable bonds is 1. The fourth-order valence-corrected chi connectivity index (χ4v) is 1.96. The first-order valence-corrected chi connectivity index (χ1v) is 5.57. The highest BCUT2D eigenvalue weighted by atomic mass is 15.2. The summed E-state index contributed by atoms with van der Waals surface area (Å²) in [5.41, 5.74) is 8.31. The lowest BCUT2D eigenvalue weighted by molar-refractivity contribution is 0.195. The molecule has 1 aliphatic heterocycles. The molecule has 2 rings (SSSR count). The number of nitrogens with two attached hydrogens (primary N) is 1. The van der Waals surface area contributed by atoms with E-state index < -0.39 is 0 Å². The summed E-state index contributed by atoms with van der Waals surface area (Å²) in [6, 6.07) is 8.15. The predicted octanol–water partition coefficient (Wildman–Crippen LogP) is 2.75. The molecule has 0 aliphatic carbocycles. The van der Waals surface area contributed by atoms with Crippen LogP contribution in [0.5, 0.6) is 0 Å². The average molecular weight is 204 g/mol. The van der Waals surface area contributed by atoms with Crippen molar-refractivity contribution >= 4 is 11.4 Å². The van der Waals surface area contributed by atoms with E-state index in [2.05, 4.69) is 37.8 Å². The summed E-state index contributed by atoms with van der Waals surface area (Å²) in [5.74, 6) is 0.805. The molecule has 0 bridgehead atoms. The van der Waals surface area contributed by atoms with Gasteiger partial charge in [-0.3, -0.25) is 0 Å². The Hall–Kier alpha value is -1.18. The zero-order chi connectivity index (χ0) is 11.1. The van der Waals surface area contributed by atoms with Gasteiger partial charge in [-0.25, -0.2) is 0 Å². The van der Waals surface area contributed by atoms with Crippen LogP contribution < -0.4 is 10.6 Å². The van der Waals surface area contributed by atoms with Crippen molar-refractivity contribution in [2.75, 3.05) is 23.7 Å². The third-order valence-corrected chi connectivity index (χ3v) is 3.34. The van der Waals surface area contributed by atoms with Gasteiger partial charge in [0.05, 0.1) is 0 Å². The van der Waals surface area contributed by atoms with Crippen molar-refractivity contribution in [1.29, 1.82) is 0 Å². The van der Waals surface area contributed by atoms with Crippen molar-refractivity contribution in [3.8, 4) is 0 Å². The molecule has 2 N–H and O–H groups in total. The standard InChI is InChI=1S/C13H20N2/c1-13(2,3)10-8-15(9-10)12-6-4-5-11(14)7-12/h4-7,10H,8-9,14H2,1-3H3. The third-order valence-electron chi connectivity index (χ3n) is 3.34. The molecule has 1 fully saturated rings. The second-order valence-corrected chi connectivity index (χ2v) is 5.56. The van der Waals surface area contributed by atoms with Gasteiger partial charge in [0.25, 0.3) is 0 Å². The van der Waals surface area contributed by atoms with Gasteiger partial charge in [0, 0.05) is 24.5 Å². The second-order valence-electron chi connectivity index (χ2n) is 5.56. The van der Waals surface area contributed by atoms with Gasteiger partial charge in [-0.1, -0.05) is 26.8 Å². The molecule has 0 aromatic heterocycles. The van der Waals surface area contributed by atoms with E-state index in [1.54, 1.807) is 0 Å². The minimum Gasteiger partial charge on any atom is -0.399 e. The van der Waals surface area contributed by atoms with Gasteiger partial charge in [-0.2, -0.15) is 0 Å². The van der Waals surface area contributed by atoms with E-state index in [-0.39, 0.29) is 0 Å². The highest BCUT2D eigenvalue weighted by Gasteiger charge is 2.35. The van der Waals surface area contributed by atoms with Crippen LogP contribution in [0.2, 0.25) is 0 Å². The molecule has 0 saturated carbocycles. The third kappa shape index (κ3) is 2.09. The number of nitrogens with zero attached hydrogens (tertiary/aromatic N) is 1. The fraction of sp³-hybridized carbons (Fsp3) is 0.538. The SMILES string of the molecule is CC(C)(C)C1CN(c2cccc(N)c2)C1. The zero-order valence-corrected chi connectivity index (χ0v) is 9.83. The maximum Gasteiger partial charge on any atom is 0.0387 e. The van der Waals surface area contributed by atoms with E-state index in [1.165, 1.54) is 5.69 Å². The van der Waals surface area contributed by atoms with Gasteiger partial charge in [-0.15, -0.1) is 0 Å². The first-order chi connectivity index (χ1) is 6.97. The van der Waals surface area contributed by atoms with E-state index >= 15 is 0 Å². The maximum absolute atomic E-state index is 5.77. The van der Waals surface area contributed by atoms with Crippen molar-refractivity contribution in [3.63, 3.8) is 0 Å². The first-order valence-electron chi connectivity index (χ1n) is 5.57. The molecule has 2 heteroatoms. The lowest BCUT2D eigenvalue weighted by atomic mass is 9.76. The Bertz CT molecular complexity index is 346. The van der Waals surface area contributed by atoms with E-state index in [0.717, 1.165) is 24.7 Å². The summed E-state index contributed by atoms with van der Waals surface area (Å²) in [6.45, 7) is 9.26. The Kier molecular flexibility index (Phi) is 2.37. The minimum atomic E-state index is 0.427. The monoisotopic (exact) mass is 204 g/mol. The summed E-state index contributed by atoms with van der Waals surface area (Å²) in [4.78, 5) is 2.40. The lowest BCUT2D eigenvalue weighted by Gasteiger charge is -2.47. The summed E-state index contributed by atoms with van der Waals surface area (Å²) >= 11 is 0. The van der Waals surface area contributed by atoms with Crippen molar-refractivity contribution in [1.82, 2.24) is 0 Å². The van der Waals surface area contributed by atoms with Crippen LogP contribution in [0.3, 0.4) is 0 Å². The number of anilines is 2. The topological polar surface area (TPSA) is 29.3 Å². The van der Waals surface area contributed by atoms with Crippen LogP contribution in [-0.4, -0.2) is 13.1 Å². The summed E-state index contributed by atoms with van der Waals surface area (Å²) < 4.78 is 0. The zero-order valence-electron chi connectivity index (χ0n) is 9.83. The van der Waals surface area contributed by atoms with Crippen LogP contribution >= 0.6 is 0 Å². The molecule has 15 heavy (non-hydrogen) atoms. The highest BCUT2D eigenvalue weighted by Crippen LogP contribution is 2.36. The molecule has 82 valence electrons. The molecule has 1 aliphatic rings. The van der Waals surface area contributed by atoms with Crippen LogP contribution in [0.4, 0.5) is 11.4 Å². The summed E-state index contributed by atoms with van der Waals surface area (Å²) in [5, 5.41) is 0. The van der Waals surface area contributed by atoms with E-state index in [9.17, 15) is 0 Å². The Balaban J connectivity index is 2.00. The maximum atomic E-state index is 5.77. The minimum absolute atomic E-state index is 0.427. The molecular formula is C13H20N2. The van der Waals surface area contributed by atoms with Gasteiger partial charge in [0.1, 0.15) is 0 Å². The van der Waals surface area contributed by atoms with Gasteiger partial charge >= 0.3 is 0 Å². The average Bonchev–Trinajstić information content (AvgIpc) is 1.97. The van der Waals surface area contributed by atoms with Gasteiger partial charge < -0.3 is 10.6 Å². The number of hydrogen-bond acceptors (Lipinski definition) is 2. The van der Waals surface area contributed by atoms with E-state index in [4.69, 9.17) is 5.73 Å². The van der Waals surface area contributed by atoms with Crippen molar-refractivity contribution in [2.24, 2.45) is 11.3 Å². The molecule has 1 aromatic carbocycles. The predicted molar refractivity (Wildman–Crippen MR) is 66.0 cm³/mol. The number of benzene rings is 1. The Morgan fingerprint density at radius 3 is 2.47 bits per heavy atom. The smallest absolute Gasteiger partial charge is 0.0387 e. The van der Waals surface area contributed by atoms with Crippen LogP contribution in [0.15, 0.2) is 24.3 Å². The van der Waals surface area contributed by atoms with Crippen LogP contribution in [0, 0.1) is 11.3 Å². The fourth-order valence-electron chi connectivity index (χ4n) is 1.96. The van der Waals surface area contributed by atoms with Crippen LogP contribution in [0.25, 0.3) is 0 Å². The molecule has 0 amide bonds. The second kappa shape index (κ2) is 3.44. The van der Waals surface area contributed by atoms with E-state index in [0.29, 0.717) is 5.41 Å². The molecular weight excluding hydrogens is 184 g/mol. The van der Waals surface area contributed by atoms with Crippen LogP contribution in [0.1, 0.15) is 20.8 Å². The van der Waals surface area contributed by atoms with Crippen LogP contribution in [-0.2, 0) is 0 Å². The van der Waals surface area contributed by atoms with Gasteiger partial charge in [0.2, 0.25) is 0 Å².